The van der Waals surface area contributed by atoms with E-state index in [0.29, 0.717) is 6.54 Å². The lowest BCUT2D eigenvalue weighted by Crippen LogP contribution is -2.47. The van der Waals surface area contributed by atoms with Crippen molar-refractivity contribution in [1.82, 2.24) is 4.90 Å². The van der Waals surface area contributed by atoms with Crippen molar-refractivity contribution in [3.63, 3.8) is 0 Å². The van der Waals surface area contributed by atoms with Crippen molar-refractivity contribution in [2.24, 2.45) is 0 Å². The van der Waals surface area contributed by atoms with Crippen molar-refractivity contribution in [1.29, 1.82) is 0 Å². The number of rotatable bonds is 1. The number of nitrogens with zero attached hydrogens (tertiary/aromatic N) is 1. The van der Waals surface area contributed by atoms with E-state index in [1.807, 2.05) is 0 Å². The summed E-state index contributed by atoms with van der Waals surface area (Å²) >= 11 is 0. The molecule has 74 valence electrons. The Bertz CT molecular complexity index is 220. The normalized spacial score (nSPS) is 37.9. The highest BCUT2D eigenvalue weighted by molar-refractivity contribution is 5.65. The standard InChI is InChI=1S/C8H13NO4/c10-4-7-6-3-5(13-7)1-2-9(6)8(11)12/h5-7,10H,1-4H2,(H,11,12). The number of likely N-dealkylation sites (tertiary alicyclic amines) is 1. The highest BCUT2D eigenvalue weighted by Gasteiger charge is 2.43. The lowest BCUT2D eigenvalue weighted by molar-refractivity contribution is 0.00871. The predicted octanol–water partition coefficient (Wildman–Crippen LogP) is -0.112. The quantitative estimate of drug-likeness (QED) is 0.601. The van der Waals surface area contributed by atoms with Gasteiger partial charge >= 0.3 is 6.09 Å². The second-order valence-corrected chi connectivity index (χ2v) is 3.55. The number of carbonyl (C=O) groups is 1. The predicted molar refractivity (Wildman–Crippen MR) is 43.5 cm³/mol. The smallest absolute Gasteiger partial charge is 0.407 e. The Balaban J connectivity index is 2.11. The maximum absolute atomic E-state index is 10.8. The molecule has 5 heteroatoms. The third-order valence-electron chi connectivity index (χ3n) is 2.82. The number of aliphatic hydroxyl groups is 1. The van der Waals surface area contributed by atoms with Crippen molar-refractivity contribution in [3.8, 4) is 0 Å². The van der Waals surface area contributed by atoms with Crippen LogP contribution < -0.4 is 0 Å². The van der Waals surface area contributed by atoms with Crippen LogP contribution in [0.2, 0.25) is 0 Å². The fourth-order valence-electron chi connectivity index (χ4n) is 2.18. The first-order chi connectivity index (χ1) is 6.22. The van der Waals surface area contributed by atoms with Crippen molar-refractivity contribution in [2.75, 3.05) is 13.2 Å². The largest absolute Gasteiger partial charge is 0.465 e. The first-order valence-electron chi connectivity index (χ1n) is 4.48. The van der Waals surface area contributed by atoms with Crippen molar-refractivity contribution >= 4 is 6.09 Å². The topological polar surface area (TPSA) is 70.0 Å². The van der Waals surface area contributed by atoms with Crippen LogP contribution in [-0.2, 0) is 4.74 Å². The zero-order valence-corrected chi connectivity index (χ0v) is 7.22. The number of ether oxygens (including phenoxy) is 1. The number of fused-ring (bicyclic) bond motifs is 2. The molecule has 3 atom stereocenters. The highest BCUT2D eigenvalue weighted by Crippen LogP contribution is 2.31. The summed E-state index contributed by atoms with van der Waals surface area (Å²) in [6, 6.07) is -0.138. The molecule has 0 saturated carbocycles. The summed E-state index contributed by atoms with van der Waals surface area (Å²) < 4.78 is 5.46. The summed E-state index contributed by atoms with van der Waals surface area (Å²) in [5, 5.41) is 17.8. The summed E-state index contributed by atoms with van der Waals surface area (Å²) in [6.07, 6.45) is 0.408. The molecule has 0 aliphatic carbocycles. The molecule has 2 rings (SSSR count). The monoisotopic (exact) mass is 187 g/mol. The molecule has 1 amide bonds. The number of hydrogen-bond acceptors (Lipinski definition) is 3. The second-order valence-electron chi connectivity index (χ2n) is 3.55. The van der Waals surface area contributed by atoms with Crippen LogP contribution in [0.15, 0.2) is 0 Å². The Morgan fingerprint density at radius 2 is 2.38 bits per heavy atom. The van der Waals surface area contributed by atoms with Gasteiger partial charge in [-0.25, -0.2) is 4.79 Å². The molecule has 2 saturated heterocycles. The van der Waals surface area contributed by atoms with E-state index in [1.165, 1.54) is 4.90 Å². The molecule has 2 aliphatic heterocycles. The Hall–Kier alpha value is -0.810. The molecule has 0 aromatic rings. The van der Waals surface area contributed by atoms with E-state index in [1.54, 1.807) is 0 Å². The molecule has 3 unspecified atom stereocenters. The summed E-state index contributed by atoms with van der Waals surface area (Å²) in [7, 11) is 0. The molecule has 5 nitrogen and oxygen atoms in total. The molecular weight excluding hydrogens is 174 g/mol. The Kier molecular flexibility index (Phi) is 2.13. The van der Waals surface area contributed by atoms with Gasteiger partial charge in [-0.3, -0.25) is 0 Å². The van der Waals surface area contributed by atoms with Gasteiger partial charge in [0.15, 0.2) is 0 Å². The molecule has 0 aromatic heterocycles. The second kappa shape index (κ2) is 3.16. The summed E-state index contributed by atoms with van der Waals surface area (Å²) in [5.41, 5.74) is 0. The highest BCUT2D eigenvalue weighted by atomic mass is 16.5. The number of hydrogen-bond donors (Lipinski definition) is 2. The van der Waals surface area contributed by atoms with E-state index in [4.69, 9.17) is 14.9 Å². The van der Waals surface area contributed by atoms with E-state index in [9.17, 15) is 4.79 Å². The van der Waals surface area contributed by atoms with Gasteiger partial charge in [-0.15, -0.1) is 0 Å². The molecular formula is C8H13NO4. The molecule has 13 heavy (non-hydrogen) atoms. The van der Waals surface area contributed by atoms with Crippen molar-refractivity contribution < 1.29 is 19.7 Å². The van der Waals surface area contributed by atoms with Gasteiger partial charge in [-0.1, -0.05) is 0 Å². The van der Waals surface area contributed by atoms with Crippen LogP contribution >= 0.6 is 0 Å². The lowest BCUT2D eigenvalue weighted by atomic mass is 10.0. The van der Waals surface area contributed by atoms with Gasteiger partial charge in [-0.2, -0.15) is 0 Å². The van der Waals surface area contributed by atoms with Crippen LogP contribution in [-0.4, -0.2) is 52.6 Å². The van der Waals surface area contributed by atoms with Crippen molar-refractivity contribution in [3.05, 3.63) is 0 Å². The van der Waals surface area contributed by atoms with E-state index >= 15 is 0 Å². The zero-order chi connectivity index (χ0) is 9.42. The van der Waals surface area contributed by atoms with Crippen LogP contribution in [0.5, 0.6) is 0 Å². The van der Waals surface area contributed by atoms with Crippen LogP contribution in [0.3, 0.4) is 0 Å². The van der Waals surface area contributed by atoms with Gasteiger partial charge in [-0.05, 0) is 12.8 Å². The number of amides is 1. The third kappa shape index (κ3) is 1.38. The zero-order valence-electron chi connectivity index (χ0n) is 7.22. The van der Waals surface area contributed by atoms with Crippen LogP contribution in [0.25, 0.3) is 0 Å². The van der Waals surface area contributed by atoms with Gasteiger partial charge in [0.25, 0.3) is 0 Å². The molecule has 2 fully saturated rings. The minimum atomic E-state index is -0.910. The van der Waals surface area contributed by atoms with E-state index in [-0.39, 0.29) is 24.9 Å². The molecule has 0 radical (unpaired) electrons. The summed E-state index contributed by atoms with van der Waals surface area (Å²) in [4.78, 5) is 12.2. The van der Waals surface area contributed by atoms with Gasteiger partial charge in [0.1, 0.15) is 6.10 Å². The number of aliphatic hydroxyl groups excluding tert-OH is 1. The maximum atomic E-state index is 10.8. The van der Waals surface area contributed by atoms with Gasteiger partial charge in [0.2, 0.25) is 0 Å². The fraction of sp³-hybridized carbons (Fsp3) is 0.875. The summed E-state index contributed by atoms with van der Waals surface area (Å²) in [5.74, 6) is 0. The molecule has 2 bridgehead atoms. The van der Waals surface area contributed by atoms with Gasteiger partial charge in [0.05, 0.1) is 18.8 Å². The van der Waals surface area contributed by atoms with Crippen molar-refractivity contribution in [2.45, 2.75) is 31.1 Å². The van der Waals surface area contributed by atoms with Crippen LogP contribution in [0.4, 0.5) is 4.79 Å². The molecule has 2 heterocycles. The minimum Gasteiger partial charge on any atom is -0.465 e. The van der Waals surface area contributed by atoms with E-state index in [2.05, 4.69) is 0 Å². The Morgan fingerprint density at radius 3 is 3.00 bits per heavy atom. The SMILES string of the molecule is O=C(O)N1CCC2CC1C(CO)O2. The molecule has 2 N–H and O–H groups in total. The third-order valence-corrected chi connectivity index (χ3v) is 2.82. The number of piperidine rings is 1. The fourth-order valence-corrected chi connectivity index (χ4v) is 2.18. The average molecular weight is 187 g/mol. The maximum Gasteiger partial charge on any atom is 0.407 e. The molecule has 2 aliphatic rings. The minimum absolute atomic E-state index is 0.0923. The van der Waals surface area contributed by atoms with E-state index in [0.717, 1.165) is 12.8 Å². The first-order valence-corrected chi connectivity index (χ1v) is 4.48. The number of carboxylic acid groups (broad SMARTS) is 1. The van der Waals surface area contributed by atoms with Crippen LogP contribution in [0, 0.1) is 0 Å². The van der Waals surface area contributed by atoms with Gasteiger partial charge < -0.3 is 19.8 Å². The summed E-state index contributed by atoms with van der Waals surface area (Å²) in [6.45, 7) is 0.437. The van der Waals surface area contributed by atoms with E-state index < -0.39 is 6.09 Å². The molecule has 0 spiro atoms. The Labute approximate surface area is 75.9 Å². The van der Waals surface area contributed by atoms with Gasteiger partial charge in [0, 0.05) is 6.54 Å². The lowest BCUT2D eigenvalue weighted by Gasteiger charge is -2.30. The Morgan fingerprint density at radius 1 is 1.62 bits per heavy atom. The van der Waals surface area contributed by atoms with Crippen LogP contribution in [0.1, 0.15) is 12.8 Å². The average Bonchev–Trinajstić information content (AvgIpc) is 2.42. The first kappa shape index (κ1) is 8.77. The molecule has 0 aromatic carbocycles.